The molecule has 2 amide bonds. The standard InChI is InChI=1S/C26H24N4O4S/c1-3-33-21-15-14-18(16-22(21)34-4-2)23(31)27-20-13-9-8-12-19(20)24(32)28-26-30-29-25(35-26)17-10-6-5-7-11-17/h5-16H,3-4H2,1-2H3,(H,27,31)(H,28,30,32). The zero-order valence-corrected chi connectivity index (χ0v) is 20.1. The second kappa shape index (κ2) is 11.3. The number of nitrogens with zero attached hydrogens (tertiary/aromatic N) is 2. The van der Waals surface area contributed by atoms with Gasteiger partial charge in [-0.1, -0.05) is 53.8 Å². The van der Waals surface area contributed by atoms with Gasteiger partial charge in [0.1, 0.15) is 5.01 Å². The highest BCUT2D eigenvalue weighted by Gasteiger charge is 2.17. The van der Waals surface area contributed by atoms with Crippen molar-refractivity contribution in [2.45, 2.75) is 13.8 Å². The van der Waals surface area contributed by atoms with Crippen LogP contribution in [0.3, 0.4) is 0 Å². The van der Waals surface area contributed by atoms with E-state index >= 15 is 0 Å². The third-order valence-corrected chi connectivity index (χ3v) is 5.78. The Kier molecular flexibility index (Phi) is 7.69. The summed E-state index contributed by atoms with van der Waals surface area (Å²) in [7, 11) is 0. The van der Waals surface area contributed by atoms with Gasteiger partial charge in [-0.05, 0) is 44.2 Å². The van der Waals surface area contributed by atoms with Gasteiger partial charge in [0.05, 0.1) is 24.5 Å². The lowest BCUT2D eigenvalue weighted by Crippen LogP contribution is -2.18. The largest absolute Gasteiger partial charge is 0.490 e. The van der Waals surface area contributed by atoms with Gasteiger partial charge in [0.2, 0.25) is 5.13 Å². The molecule has 1 aromatic heterocycles. The molecule has 1 heterocycles. The highest BCUT2D eigenvalue weighted by Crippen LogP contribution is 2.30. The third-order valence-electron chi connectivity index (χ3n) is 4.89. The van der Waals surface area contributed by atoms with Crippen LogP contribution in [0.4, 0.5) is 10.8 Å². The molecule has 9 heteroatoms. The zero-order chi connectivity index (χ0) is 24.6. The van der Waals surface area contributed by atoms with E-state index in [1.165, 1.54) is 11.3 Å². The first-order valence-corrected chi connectivity index (χ1v) is 11.9. The first-order chi connectivity index (χ1) is 17.1. The summed E-state index contributed by atoms with van der Waals surface area (Å²) in [5.74, 6) is 0.269. The maximum atomic E-state index is 13.0. The number of benzene rings is 3. The molecule has 35 heavy (non-hydrogen) atoms. The molecule has 3 aromatic carbocycles. The van der Waals surface area contributed by atoms with Crippen molar-refractivity contribution in [1.82, 2.24) is 10.2 Å². The topological polar surface area (TPSA) is 102 Å². The number of hydrogen-bond acceptors (Lipinski definition) is 7. The molecule has 0 bridgehead atoms. The molecule has 178 valence electrons. The minimum atomic E-state index is -0.404. The summed E-state index contributed by atoms with van der Waals surface area (Å²) in [6, 6.07) is 21.3. The van der Waals surface area contributed by atoms with Crippen molar-refractivity contribution in [3.8, 4) is 22.1 Å². The predicted molar refractivity (Wildman–Crippen MR) is 136 cm³/mol. The van der Waals surface area contributed by atoms with Crippen LogP contribution in [-0.2, 0) is 0 Å². The smallest absolute Gasteiger partial charge is 0.259 e. The van der Waals surface area contributed by atoms with Gasteiger partial charge in [-0.25, -0.2) is 0 Å². The average molecular weight is 489 g/mol. The molecule has 0 saturated heterocycles. The molecule has 0 aliphatic rings. The van der Waals surface area contributed by atoms with Crippen molar-refractivity contribution < 1.29 is 19.1 Å². The predicted octanol–water partition coefficient (Wildman–Crippen LogP) is 5.51. The van der Waals surface area contributed by atoms with E-state index in [1.54, 1.807) is 42.5 Å². The van der Waals surface area contributed by atoms with E-state index in [0.717, 1.165) is 5.56 Å². The Morgan fingerprint density at radius 2 is 1.51 bits per heavy atom. The van der Waals surface area contributed by atoms with E-state index in [-0.39, 0.29) is 5.91 Å². The van der Waals surface area contributed by atoms with Gasteiger partial charge < -0.3 is 14.8 Å². The van der Waals surface area contributed by atoms with Crippen molar-refractivity contribution in [2.24, 2.45) is 0 Å². The summed E-state index contributed by atoms with van der Waals surface area (Å²) in [5, 5.41) is 14.9. The molecule has 2 N–H and O–H groups in total. The third kappa shape index (κ3) is 5.82. The van der Waals surface area contributed by atoms with Crippen LogP contribution in [-0.4, -0.2) is 35.2 Å². The van der Waals surface area contributed by atoms with E-state index in [0.29, 0.717) is 51.7 Å². The zero-order valence-electron chi connectivity index (χ0n) is 19.3. The number of rotatable bonds is 9. The molecule has 0 atom stereocenters. The quantitative estimate of drug-likeness (QED) is 0.322. The van der Waals surface area contributed by atoms with Crippen LogP contribution in [0.1, 0.15) is 34.6 Å². The molecule has 0 unspecified atom stereocenters. The van der Waals surface area contributed by atoms with Gasteiger partial charge in [-0.2, -0.15) is 0 Å². The normalized spacial score (nSPS) is 10.5. The fourth-order valence-corrected chi connectivity index (χ4v) is 4.06. The number of para-hydroxylation sites is 1. The summed E-state index contributed by atoms with van der Waals surface area (Å²) >= 11 is 1.27. The van der Waals surface area contributed by atoms with Crippen LogP contribution in [0.15, 0.2) is 72.8 Å². The first kappa shape index (κ1) is 23.9. The second-order valence-electron chi connectivity index (χ2n) is 7.26. The number of amides is 2. The minimum absolute atomic E-state index is 0.299. The number of carbonyl (C=O) groups excluding carboxylic acids is 2. The number of ether oxygens (including phenoxy) is 2. The van der Waals surface area contributed by atoms with Crippen LogP contribution < -0.4 is 20.1 Å². The molecule has 4 rings (SSSR count). The van der Waals surface area contributed by atoms with E-state index < -0.39 is 5.91 Å². The van der Waals surface area contributed by atoms with Crippen LogP contribution in [0.2, 0.25) is 0 Å². The summed E-state index contributed by atoms with van der Waals surface area (Å²) in [6.07, 6.45) is 0. The van der Waals surface area contributed by atoms with Crippen molar-refractivity contribution in [3.63, 3.8) is 0 Å². The van der Waals surface area contributed by atoms with Crippen molar-refractivity contribution in [2.75, 3.05) is 23.8 Å². The summed E-state index contributed by atoms with van der Waals surface area (Å²) in [4.78, 5) is 26.0. The first-order valence-electron chi connectivity index (χ1n) is 11.1. The van der Waals surface area contributed by atoms with Gasteiger partial charge in [-0.15, -0.1) is 10.2 Å². The van der Waals surface area contributed by atoms with Crippen LogP contribution in [0.25, 0.3) is 10.6 Å². The monoisotopic (exact) mass is 488 g/mol. The number of aromatic nitrogens is 2. The molecule has 0 aliphatic carbocycles. The Labute approximate surface area is 206 Å². The van der Waals surface area contributed by atoms with E-state index in [1.807, 2.05) is 44.2 Å². The Bertz CT molecular complexity index is 1320. The summed E-state index contributed by atoms with van der Waals surface area (Å²) in [5.41, 5.74) is 1.96. The number of carbonyl (C=O) groups is 2. The lowest BCUT2D eigenvalue weighted by molar-refractivity contribution is 0.102. The molecule has 0 radical (unpaired) electrons. The van der Waals surface area contributed by atoms with Crippen LogP contribution >= 0.6 is 11.3 Å². The summed E-state index contributed by atoms with van der Waals surface area (Å²) < 4.78 is 11.2. The van der Waals surface area contributed by atoms with Crippen molar-refractivity contribution in [1.29, 1.82) is 0 Å². The number of nitrogens with one attached hydrogen (secondary N) is 2. The molecule has 0 spiro atoms. The Morgan fingerprint density at radius 3 is 2.29 bits per heavy atom. The van der Waals surface area contributed by atoms with E-state index in [9.17, 15) is 9.59 Å². The van der Waals surface area contributed by atoms with Crippen LogP contribution in [0, 0.1) is 0 Å². The van der Waals surface area contributed by atoms with Gasteiger partial charge in [0.15, 0.2) is 11.5 Å². The van der Waals surface area contributed by atoms with E-state index in [2.05, 4.69) is 20.8 Å². The molecular weight excluding hydrogens is 464 g/mol. The fraction of sp³-hybridized carbons (Fsp3) is 0.154. The van der Waals surface area contributed by atoms with E-state index in [4.69, 9.17) is 9.47 Å². The fourth-order valence-electron chi connectivity index (χ4n) is 3.31. The van der Waals surface area contributed by atoms with Gasteiger partial charge in [0.25, 0.3) is 11.8 Å². The SMILES string of the molecule is CCOc1ccc(C(=O)Nc2ccccc2C(=O)Nc2nnc(-c3ccccc3)s2)cc1OCC. The highest BCUT2D eigenvalue weighted by molar-refractivity contribution is 7.18. The molecule has 4 aromatic rings. The Hall–Kier alpha value is -4.24. The Balaban J connectivity index is 1.50. The minimum Gasteiger partial charge on any atom is -0.490 e. The molecule has 0 saturated carbocycles. The second-order valence-corrected chi connectivity index (χ2v) is 8.24. The lowest BCUT2D eigenvalue weighted by atomic mass is 10.1. The maximum absolute atomic E-state index is 13.0. The average Bonchev–Trinajstić information content (AvgIpc) is 3.34. The van der Waals surface area contributed by atoms with Gasteiger partial charge >= 0.3 is 0 Å². The van der Waals surface area contributed by atoms with Gasteiger partial charge in [0, 0.05) is 11.1 Å². The maximum Gasteiger partial charge on any atom is 0.259 e. The number of hydrogen-bond donors (Lipinski definition) is 2. The van der Waals surface area contributed by atoms with Crippen LogP contribution in [0.5, 0.6) is 11.5 Å². The van der Waals surface area contributed by atoms with Crippen molar-refractivity contribution >= 4 is 34.0 Å². The van der Waals surface area contributed by atoms with Gasteiger partial charge in [-0.3, -0.25) is 14.9 Å². The summed E-state index contributed by atoms with van der Waals surface area (Å²) in [6.45, 7) is 4.65. The highest BCUT2D eigenvalue weighted by atomic mass is 32.1. The Morgan fingerprint density at radius 1 is 0.800 bits per heavy atom. The number of anilines is 2. The molecular formula is C26H24N4O4S. The lowest BCUT2D eigenvalue weighted by Gasteiger charge is -2.13. The van der Waals surface area contributed by atoms with Crippen molar-refractivity contribution in [3.05, 3.63) is 83.9 Å². The molecule has 0 fully saturated rings. The molecule has 8 nitrogen and oxygen atoms in total. The molecule has 0 aliphatic heterocycles.